The highest BCUT2D eigenvalue weighted by Crippen LogP contribution is 2.18. The van der Waals surface area contributed by atoms with Crippen LogP contribution in [0.3, 0.4) is 0 Å². The predicted octanol–water partition coefficient (Wildman–Crippen LogP) is 3.57. The molecule has 0 radical (unpaired) electrons. The fourth-order valence-electron chi connectivity index (χ4n) is 2.57. The zero-order chi connectivity index (χ0) is 15.4. The van der Waals surface area contributed by atoms with Crippen LogP contribution in [0.15, 0.2) is 29.6 Å². The van der Waals surface area contributed by atoms with Crippen molar-refractivity contribution in [3.8, 4) is 0 Å². The van der Waals surface area contributed by atoms with Gasteiger partial charge in [0.25, 0.3) is 0 Å². The first-order valence-corrected chi connectivity index (χ1v) is 8.66. The lowest BCUT2D eigenvalue weighted by Crippen LogP contribution is -2.18. The molecular weight excluding hydrogens is 318 g/mol. The highest BCUT2D eigenvalue weighted by molar-refractivity contribution is 7.09. The normalized spacial score (nSPS) is 15.1. The molecule has 1 fully saturated rings. The van der Waals surface area contributed by atoms with E-state index in [0.29, 0.717) is 17.1 Å². The van der Waals surface area contributed by atoms with Crippen LogP contribution < -0.4 is 5.32 Å². The van der Waals surface area contributed by atoms with Crippen LogP contribution in [-0.2, 0) is 17.8 Å². The van der Waals surface area contributed by atoms with Gasteiger partial charge in [0.2, 0.25) is 5.91 Å². The zero-order valence-corrected chi connectivity index (χ0v) is 13.8. The molecule has 0 unspecified atom stereocenters. The Kier molecular flexibility index (Phi) is 5.08. The van der Waals surface area contributed by atoms with Gasteiger partial charge in [0.05, 0.1) is 18.7 Å². The number of hydrogen-bond acceptors (Lipinski definition) is 4. The Morgan fingerprint density at radius 2 is 2.18 bits per heavy atom. The Hall–Kier alpha value is -1.43. The van der Waals surface area contributed by atoms with E-state index in [0.717, 1.165) is 30.3 Å². The molecule has 0 bridgehead atoms. The molecule has 22 heavy (non-hydrogen) atoms. The second kappa shape index (κ2) is 7.22. The number of nitrogens with zero attached hydrogens (tertiary/aromatic N) is 2. The van der Waals surface area contributed by atoms with Crippen molar-refractivity contribution in [1.29, 1.82) is 0 Å². The molecule has 0 aliphatic carbocycles. The number of nitrogens with one attached hydrogen (secondary N) is 1. The Morgan fingerprint density at radius 1 is 1.36 bits per heavy atom. The lowest BCUT2D eigenvalue weighted by molar-refractivity contribution is -0.115. The summed E-state index contributed by atoms with van der Waals surface area (Å²) < 4.78 is 0. The van der Waals surface area contributed by atoms with Crippen molar-refractivity contribution in [3.63, 3.8) is 0 Å². The molecule has 1 N–H and O–H groups in total. The van der Waals surface area contributed by atoms with Gasteiger partial charge in [0.1, 0.15) is 5.01 Å². The second-order valence-corrected chi connectivity index (χ2v) is 6.83. The molecule has 116 valence electrons. The van der Waals surface area contributed by atoms with Gasteiger partial charge >= 0.3 is 0 Å². The quantitative estimate of drug-likeness (QED) is 0.908. The number of likely N-dealkylation sites (tertiary alicyclic amines) is 1. The summed E-state index contributed by atoms with van der Waals surface area (Å²) in [5.41, 5.74) is 1.55. The lowest BCUT2D eigenvalue weighted by Gasteiger charge is -2.11. The van der Waals surface area contributed by atoms with Crippen molar-refractivity contribution in [3.05, 3.63) is 45.4 Å². The molecule has 1 aliphatic rings. The van der Waals surface area contributed by atoms with Crippen LogP contribution >= 0.6 is 22.9 Å². The number of hydrogen-bond donors (Lipinski definition) is 1. The van der Waals surface area contributed by atoms with Gasteiger partial charge in [-0.3, -0.25) is 9.69 Å². The number of thiazole rings is 1. The highest BCUT2D eigenvalue weighted by Gasteiger charge is 2.14. The van der Waals surface area contributed by atoms with Crippen LogP contribution in [-0.4, -0.2) is 28.9 Å². The molecule has 1 amide bonds. The molecule has 0 spiro atoms. The van der Waals surface area contributed by atoms with Crippen LogP contribution in [0.4, 0.5) is 5.69 Å². The predicted molar refractivity (Wildman–Crippen MR) is 90.4 cm³/mol. The van der Waals surface area contributed by atoms with E-state index >= 15 is 0 Å². The summed E-state index contributed by atoms with van der Waals surface area (Å²) in [5.74, 6) is -0.0692. The minimum atomic E-state index is -0.0692. The van der Waals surface area contributed by atoms with Crippen LogP contribution in [0.25, 0.3) is 0 Å². The van der Waals surface area contributed by atoms with Crippen molar-refractivity contribution in [2.75, 3.05) is 18.4 Å². The van der Waals surface area contributed by atoms with Gasteiger partial charge in [-0.05, 0) is 44.1 Å². The summed E-state index contributed by atoms with van der Waals surface area (Å²) in [4.78, 5) is 19.0. The van der Waals surface area contributed by atoms with Crippen LogP contribution in [0.2, 0.25) is 5.02 Å². The van der Waals surface area contributed by atoms with E-state index in [9.17, 15) is 4.79 Å². The van der Waals surface area contributed by atoms with Crippen LogP contribution in [0.5, 0.6) is 0 Å². The maximum atomic E-state index is 12.0. The maximum absolute atomic E-state index is 12.0. The van der Waals surface area contributed by atoms with E-state index in [4.69, 9.17) is 11.6 Å². The standard InChI is InChI=1S/C16H18ClN3OS/c17-12-4-3-5-13(8-12)18-15(21)9-14-11-22-16(19-14)10-20-6-1-2-7-20/h3-5,8,11H,1-2,6-7,9-10H2,(H,18,21). The molecule has 0 atom stereocenters. The Balaban J connectivity index is 1.54. The van der Waals surface area contributed by atoms with Crippen molar-refractivity contribution in [1.82, 2.24) is 9.88 Å². The summed E-state index contributed by atoms with van der Waals surface area (Å²) in [6, 6.07) is 7.15. The maximum Gasteiger partial charge on any atom is 0.230 e. The molecule has 6 heteroatoms. The average Bonchev–Trinajstić information content (AvgIpc) is 3.11. The van der Waals surface area contributed by atoms with Crippen molar-refractivity contribution >= 4 is 34.5 Å². The molecule has 4 nitrogen and oxygen atoms in total. The van der Waals surface area contributed by atoms with Crippen molar-refractivity contribution < 1.29 is 4.79 Å². The third-order valence-corrected chi connectivity index (χ3v) is 4.72. The minimum Gasteiger partial charge on any atom is -0.326 e. The molecule has 1 saturated heterocycles. The molecular formula is C16H18ClN3OS. The number of carbonyl (C=O) groups is 1. The van der Waals surface area contributed by atoms with Gasteiger partial charge in [-0.25, -0.2) is 4.98 Å². The Morgan fingerprint density at radius 3 is 2.95 bits per heavy atom. The summed E-state index contributed by atoms with van der Waals surface area (Å²) in [6.45, 7) is 3.22. The third kappa shape index (κ3) is 4.29. The van der Waals surface area contributed by atoms with Gasteiger partial charge in [0.15, 0.2) is 0 Å². The number of rotatable bonds is 5. The summed E-state index contributed by atoms with van der Waals surface area (Å²) in [7, 11) is 0. The van der Waals surface area contributed by atoms with Gasteiger partial charge in [-0.2, -0.15) is 0 Å². The molecule has 1 aliphatic heterocycles. The SMILES string of the molecule is O=C(Cc1csc(CN2CCCC2)n1)Nc1cccc(Cl)c1. The first-order chi connectivity index (χ1) is 10.7. The molecule has 0 saturated carbocycles. The van der Waals surface area contributed by atoms with Gasteiger partial charge in [-0.1, -0.05) is 17.7 Å². The fraction of sp³-hybridized carbons (Fsp3) is 0.375. The summed E-state index contributed by atoms with van der Waals surface area (Å²) >= 11 is 7.54. The van der Waals surface area contributed by atoms with E-state index in [2.05, 4.69) is 15.2 Å². The van der Waals surface area contributed by atoms with E-state index in [-0.39, 0.29) is 5.91 Å². The van der Waals surface area contributed by atoms with Gasteiger partial charge in [-0.15, -0.1) is 11.3 Å². The molecule has 2 heterocycles. The minimum absolute atomic E-state index is 0.0692. The van der Waals surface area contributed by atoms with E-state index in [1.54, 1.807) is 23.5 Å². The number of benzene rings is 1. The fourth-order valence-corrected chi connectivity index (χ4v) is 3.60. The number of halogens is 1. The smallest absolute Gasteiger partial charge is 0.230 e. The summed E-state index contributed by atoms with van der Waals surface area (Å²) in [5, 5.41) is 6.52. The van der Waals surface area contributed by atoms with Crippen molar-refractivity contribution in [2.45, 2.75) is 25.8 Å². The lowest BCUT2D eigenvalue weighted by atomic mass is 10.3. The first kappa shape index (κ1) is 15.5. The van der Waals surface area contributed by atoms with Crippen molar-refractivity contribution in [2.24, 2.45) is 0 Å². The largest absolute Gasteiger partial charge is 0.326 e. The van der Waals surface area contributed by atoms with Crippen LogP contribution in [0.1, 0.15) is 23.5 Å². The van der Waals surface area contributed by atoms with E-state index < -0.39 is 0 Å². The third-order valence-electron chi connectivity index (χ3n) is 3.61. The Labute approximate surface area is 139 Å². The summed E-state index contributed by atoms with van der Waals surface area (Å²) in [6.07, 6.45) is 2.85. The second-order valence-electron chi connectivity index (χ2n) is 5.45. The number of carbonyl (C=O) groups excluding carboxylic acids is 1. The first-order valence-electron chi connectivity index (χ1n) is 7.40. The Bertz CT molecular complexity index is 652. The number of aromatic nitrogens is 1. The van der Waals surface area contributed by atoms with E-state index in [1.807, 2.05) is 17.5 Å². The topological polar surface area (TPSA) is 45.2 Å². The van der Waals surface area contributed by atoms with E-state index in [1.165, 1.54) is 12.8 Å². The zero-order valence-electron chi connectivity index (χ0n) is 12.2. The van der Waals surface area contributed by atoms with Crippen LogP contribution in [0, 0.1) is 0 Å². The molecule has 1 aromatic carbocycles. The molecule has 2 aromatic rings. The number of amides is 1. The average molecular weight is 336 g/mol. The number of anilines is 1. The van der Waals surface area contributed by atoms with Gasteiger partial charge < -0.3 is 5.32 Å². The molecule has 3 rings (SSSR count). The monoisotopic (exact) mass is 335 g/mol. The van der Waals surface area contributed by atoms with Gasteiger partial charge in [0, 0.05) is 16.1 Å². The highest BCUT2D eigenvalue weighted by atomic mass is 35.5. The molecule has 1 aromatic heterocycles.